The van der Waals surface area contributed by atoms with Crippen LogP contribution in [0.5, 0.6) is 5.75 Å². The highest BCUT2D eigenvalue weighted by Gasteiger charge is 2.68. The monoisotopic (exact) mass is 246 g/mol. The first-order valence-electron chi connectivity index (χ1n) is 6.85. The molecule has 0 N–H and O–H groups in total. The lowest BCUT2D eigenvalue weighted by Crippen LogP contribution is -2.32. The highest BCUT2D eigenvalue weighted by molar-refractivity contribution is 5.21. The van der Waals surface area contributed by atoms with Crippen LogP contribution in [-0.4, -0.2) is 25.6 Å². The maximum atomic E-state index is 5.86. The van der Waals surface area contributed by atoms with Crippen LogP contribution in [0.2, 0.25) is 0 Å². The zero-order valence-corrected chi connectivity index (χ0v) is 10.4. The van der Waals surface area contributed by atoms with Gasteiger partial charge in [0.2, 0.25) is 0 Å². The zero-order valence-electron chi connectivity index (χ0n) is 10.4. The van der Waals surface area contributed by atoms with Crippen LogP contribution in [0.15, 0.2) is 30.3 Å². The molecule has 18 heavy (non-hydrogen) atoms. The van der Waals surface area contributed by atoms with Gasteiger partial charge in [0.1, 0.15) is 5.75 Å². The van der Waals surface area contributed by atoms with E-state index in [4.69, 9.17) is 14.2 Å². The van der Waals surface area contributed by atoms with E-state index in [9.17, 15) is 0 Å². The molecule has 2 saturated carbocycles. The average Bonchev–Trinajstić information content (AvgIpc) is 2.77. The number of hydrogen-bond acceptors (Lipinski definition) is 3. The minimum atomic E-state index is -0.241. The van der Waals surface area contributed by atoms with Crippen LogP contribution in [0.3, 0.4) is 0 Å². The van der Waals surface area contributed by atoms with Crippen LogP contribution >= 0.6 is 0 Å². The van der Waals surface area contributed by atoms with Crippen molar-refractivity contribution in [3.05, 3.63) is 30.3 Å². The molecule has 4 rings (SSSR count). The van der Waals surface area contributed by atoms with E-state index in [0.29, 0.717) is 11.8 Å². The highest BCUT2D eigenvalue weighted by Crippen LogP contribution is 2.64. The third kappa shape index (κ3) is 1.57. The van der Waals surface area contributed by atoms with E-state index in [1.165, 1.54) is 6.42 Å². The predicted octanol–water partition coefficient (Wildman–Crippen LogP) is 2.46. The molecule has 1 aromatic carbocycles. The fourth-order valence-electron chi connectivity index (χ4n) is 3.77. The maximum Gasteiger partial charge on any atom is 0.171 e. The Labute approximate surface area is 107 Å². The maximum absolute atomic E-state index is 5.86. The molecular formula is C15H18O3. The van der Waals surface area contributed by atoms with Gasteiger partial charge in [-0.2, -0.15) is 0 Å². The number of benzene rings is 1. The van der Waals surface area contributed by atoms with Crippen LogP contribution in [0.1, 0.15) is 12.8 Å². The summed E-state index contributed by atoms with van der Waals surface area (Å²) < 4.78 is 17.6. The molecule has 0 radical (unpaired) electrons. The van der Waals surface area contributed by atoms with Gasteiger partial charge in [-0.25, -0.2) is 0 Å². The van der Waals surface area contributed by atoms with E-state index in [0.717, 1.165) is 37.9 Å². The molecule has 1 aliphatic heterocycles. The molecule has 3 nitrogen and oxygen atoms in total. The Balaban J connectivity index is 1.38. The Hall–Kier alpha value is -1.06. The standard InChI is InChI=1S/C15H18O3/c1-2-4-11(5-3-1)16-10-13-12-6-7-15(14(12)13)17-8-9-18-15/h1-5,12-14H,6-10H2/t12-,13?,14-/m0/s1. The molecule has 96 valence electrons. The smallest absolute Gasteiger partial charge is 0.171 e. The predicted molar refractivity (Wildman–Crippen MR) is 66.3 cm³/mol. The van der Waals surface area contributed by atoms with E-state index in [2.05, 4.69) is 0 Å². The van der Waals surface area contributed by atoms with Crippen molar-refractivity contribution in [3.63, 3.8) is 0 Å². The van der Waals surface area contributed by atoms with E-state index in [1.807, 2.05) is 30.3 Å². The molecular weight excluding hydrogens is 228 g/mol. The van der Waals surface area contributed by atoms with Crippen molar-refractivity contribution in [1.82, 2.24) is 0 Å². The summed E-state index contributed by atoms with van der Waals surface area (Å²) in [7, 11) is 0. The average molecular weight is 246 g/mol. The molecule has 1 spiro atoms. The molecule has 1 heterocycles. The molecule has 2 aliphatic carbocycles. The lowest BCUT2D eigenvalue weighted by Gasteiger charge is -2.25. The van der Waals surface area contributed by atoms with Crippen LogP contribution in [0.4, 0.5) is 0 Å². The summed E-state index contributed by atoms with van der Waals surface area (Å²) in [5, 5.41) is 0. The Morgan fingerprint density at radius 1 is 1.17 bits per heavy atom. The molecule has 3 aliphatic rings. The van der Waals surface area contributed by atoms with Gasteiger partial charge in [-0.1, -0.05) is 18.2 Å². The van der Waals surface area contributed by atoms with Crippen LogP contribution in [-0.2, 0) is 9.47 Å². The number of para-hydroxylation sites is 1. The fourth-order valence-corrected chi connectivity index (χ4v) is 3.77. The van der Waals surface area contributed by atoms with Crippen LogP contribution < -0.4 is 4.74 Å². The zero-order chi connectivity index (χ0) is 12.0. The molecule has 1 unspecified atom stereocenters. The Bertz CT molecular complexity index is 419. The third-order valence-corrected chi connectivity index (χ3v) is 4.63. The SMILES string of the molecule is c1ccc(OCC2[C@@H]3[C@H]2CCC32OCCO2)cc1. The van der Waals surface area contributed by atoms with Gasteiger partial charge in [0, 0.05) is 18.3 Å². The first kappa shape index (κ1) is 10.8. The number of hydrogen-bond donors (Lipinski definition) is 0. The summed E-state index contributed by atoms with van der Waals surface area (Å²) in [6.07, 6.45) is 2.30. The van der Waals surface area contributed by atoms with E-state index in [1.54, 1.807) is 0 Å². The van der Waals surface area contributed by atoms with Gasteiger partial charge >= 0.3 is 0 Å². The topological polar surface area (TPSA) is 27.7 Å². The van der Waals surface area contributed by atoms with Crippen LogP contribution in [0, 0.1) is 17.8 Å². The van der Waals surface area contributed by atoms with Crippen molar-refractivity contribution >= 4 is 0 Å². The highest BCUT2D eigenvalue weighted by atomic mass is 16.7. The normalized spacial score (nSPS) is 35.7. The van der Waals surface area contributed by atoms with Gasteiger partial charge in [-0.15, -0.1) is 0 Å². The second-order valence-electron chi connectivity index (χ2n) is 5.52. The van der Waals surface area contributed by atoms with E-state index < -0.39 is 0 Å². The van der Waals surface area contributed by atoms with E-state index >= 15 is 0 Å². The first-order valence-corrected chi connectivity index (χ1v) is 6.85. The molecule has 3 heteroatoms. The summed E-state index contributed by atoms with van der Waals surface area (Å²) in [5.41, 5.74) is 0. The fraction of sp³-hybridized carbons (Fsp3) is 0.600. The minimum Gasteiger partial charge on any atom is -0.493 e. The first-order chi connectivity index (χ1) is 8.89. The Morgan fingerprint density at radius 2 is 1.94 bits per heavy atom. The van der Waals surface area contributed by atoms with Gasteiger partial charge in [0.25, 0.3) is 0 Å². The molecule has 0 aromatic heterocycles. The van der Waals surface area contributed by atoms with Crippen molar-refractivity contribution in [2.45, 2.75) is 18.6 Å². The second kappa shape index (κ2) is 3.97. The molecule has 3 fully saturated rings. The van der Waals surface area contributed by atoms with Crippen molar-refractivity contribution in [3.8, 4) is 5.75 Å². The summed E-state index contributed by atoms with van der Waals surface area (Å²) >= 11 is 0. The summed E-state index contributed by atoms with van der Waals surface area (Å²) in [4.78, 5) is 0. The van der Waals surface area contributed by atoms with Crippen molar-refractivity contribution < 1.29 is 14.2 Å². The quantitative estimate of drug-likeness (QED) is 0.820. The molecule has 0 bridgehead atoms. The van der Waals surface area contributed by atoms with Crippen molar-refractivity contribution in [2.24, 2.45) is 17.8 Å². The third-order valence-electron chi connectivity index (χ3n) is 4.63. The molecule has 1 saturated heterocycles. The van der Waals surface area contributed by atoms with Gasteiger partial charge in [0.05, 0.1) is 19.8 Å². The number of fused-ring (bicyclic) bond motifs is 2. The van der Waals surface area contributed by atoms with Crippen molar-refractivity contribution in [2.75, 3.05) is 19.8 Å². The molecule has 1 aromatic rings. The van der Waals surface area contributed by atoms with Gasteiger partial charge in [-0.05, 0) is 24.5 Å². The number of rotatable bonds is 3. The van der Waals surface area contributed by atoms with Crippen molar-refractivity contribution in [1.29, 1.82) is 0 Å². The lowest BCUT2D eigenvalue weighted by atomic mass is 10.1. The Kier molecular flexibility index (Phi) is 2.39. The lowest BCUT2D eigenvalue weighted by molar-refractivity contribution is -0.171. The van der Waals surface area contributed by atoms with Gasteiger partial charge in [-0.3, -0.25) is 0 Å². The van der Waals surface area contributed by atoms with Gasteiger partial charge < -0.3 is 14.2 Å². The summed E-state index contributed by atoms with van der Waals surface area (Å²) in [6, 6.07) is 10.0. The van der Waals surface area contributed by atoms with E-state index in [-0.39, 0.29) is 5.79 Å². The Morgan fingerprint density at radius 3 is 2.72 bits per heavy atom. The molecule has 0 amide bonds. The summed E-state index contributed by atoms with van der Waals surface area (Å²) in [5.74, 6) is 2.67. The largest absolute Gasteiger partial charge is 0.493 e. The minimum absolute atomic E-state index is 0.241. The molecule has 3 atom stereocenters. The summed E-state index contributed by atoms with van der Waals surface area (Å²) in [6.45, 7) is 2.32. The second-order valence-corrected chi connectivity index (χ2v) is 5.52. The number of ether oxygens (including phenoxy) is 3. The van der Waals surface area contributed by atoms with Gasteiger partial charge in [0.15, 0.2) is 5.79 Å². The van der Waals surface area contributed by atoms with Crippen LogP contribution in [0.25, 0.3) is 0 Å².